The van der Waals surface area contributed by atoms with Crippen LogP contribution in [0.25, 0.3) is 0 Å². The van der Waals surface area contributed by atoms with Crippen molar-refractivity contribution in [3.63, 3.8) is 0 Å². The molecule has 4 bridgehead atoms. The summed E-state index contributed by atoms with van der Waals surface area (Å²) in [5.41, 5.74) is 2.19. The van der Waals surface area contributed by atoms with Crippen molar-refractivity contribution in [2.75, 3.05) is 6.54 Å². The lowest BCUT2D eigenvalue weighted by atomic mass is 9.53. The highest BCUT2D eigenvalue weighted by Crippen LogP contribution is 2.55. The van der Waals surface area contributed by atoms with Gasteiger partial charge >= 0.3 is 0 Å². The molecule has 0 radical (unpaired) electrons. The predicted octanol–water partition coefficient (Wildman–Crippen LogP) is 4.54. The van der Waals surface area contributed by atoms with E-state index in [-0.39, 0.29) is 0 Å². The Kier molecular flexibility index (Phi) is 3.25. The quantitative estimate of drug-likeness (QED) is 0.745. The summed E-state index contributed by atoms with van der Waals surface area (Å²) in [6, 6.07) is 0. The minimum Gasteiger partial charge on any atom is -0.311 e. The van der Waals surface area contributed by atoms with Crippen LogP contribution in [0.3, 0.4) is 0 Å². The van der Waals surface area contributed by atoms with Crippen molar-refractivity contribution in [1.82, 2.24) is 5.32 Å². The normalized spacial score (nSPS) is 50.3. The van der Waals surface area contributed by atoms with Crippen LogP contribution in [0.2, 0.25) is 0 Å². The van der Waals surface area contributed by atoms with E-state index in [1.165, 1.54) is 38.6 Å². The highest BCUT2D eigenvalue weighted by atomic mass is 15.0. The van der Waals surface area contributed by atoms with E-state index >= 15 is 0 Å². The molecule has 2 unspecified atom stereocenters. The summed E-state index contributed by atoms with van der Waals surface area (Å²) in [5, 5.41) is 4.11. The van der Waals surface area contributed by atoms with Crippen LogP contribution in [-0.4, -0.2) is 12.1 Å². The second-order valence-electron chi connectivity index (χ2n) is 8.87. The number of hydrogen-bond donors (Lipinski definition) is 1. The number of allylic oxidation sites excluding steroid dienone is 2. The van der Waals surface area contributed by atoms with Crippen molar-refractivity contribution in [3.05, 3.63) is 11.6 Å². The Labute approximate surface area is 124 Å². The van der Waals surface area contributed by atoms with E-state index in [9.17, 15) is 0 Å². The van der Waals surface area contributed by atoms with Crippen LogP contribution in [0.1, 0.15) is 65.2 Å². The van der Waals surface area contributed by atoms with Gasteiger partial charge in [0.05, 0.1) is 0 Å². The summed E-state index contributed by atoms with van der Waals surface area (Å²) in [5.74, 6) is 4.90. The molecule has 1 heteroatoms. The van der Waals surface area contributed by atoms with Gasteiger partial charge in [-0.2, -0.15) is 0 Å². The fraction of sp³-hybridized carbons (Fsp3) is 0.895. The first-order valence-corrected chi connectivity index (χ1v) is 9.02. The van der Waals surface area contributed by atoms with Crippen LogP contribution in [0.15, 0.2) is 11.6 Å². The SMILES string of the molecule is CC1=CC(C)CC(CNC23CC4CC(CC(C4)C2)C3)C1. The van der Waals surface area contributed by atoms with Crippen LogP contribution in [0.4, 0.5) is 0 Å². The van der Waals surface area contributed by atoms with E-state index < -0.39 is 0 Å². The average Bonchev–Trinajstić information content (AvgIpc) is 2.34. The molecular weight excluding hydrogens is 242 g/mol. The maximum Gasteiger partial charge on any atom is 0.0189 e. The van der Waals surface area contributed by atoms with Crippen LogP contribution >= 0.6 is 0 Å². The first-order chi connectivity index (χ1) is 9.60. The zero-order valence-electron chi connectivity index (χ0n) is 13.3. The fourth-order valence-corrected chi connectivity index (χ4v) is 6.53. The Morgan fingerprint density at radius 3 is 2.20 bits per heavy atom. The molecule has 4 fully saturated rings. The number of rotatable bonds is 3. The van der Waals surface area contributed by atoms with Crippen LogP contribution < -0.4 is 5.32 Å². The molecule has 112 valence electrons. The van der Waals surface area contributed by atoms with Crippen molar-refractivity contribution in [2.24, 2.45) is 29.6 Å². The maximum absolute atomic E-state index is 4.11. The first-order valence-electron chi connectivity index (χ1n) is 9.02. The van der Waals surface area contributed by atoms with E-state index in [0.717, 1.165) is 29.6 Å². The molecular formula is C19H31N. The molecule has 1 nitrogen and oxygen atoms in total. The molecule has 0 amide bonds. The first kappa shape index (κ1) is 13.4. The molecule has 0 aliphatic heterocycles. The molecule has 0 aromatic carbocycles. The molecule has 20 heavy (non-hydrogen) atoms. The molecule has 2 atom stereocenters. The zero-order valence-corrected chi connectivity index (χ0v) is 13.3. The van der Waals surface area contributed by atoms with Crippen molar-refractivity contribution in [2.45, 2.75) is 70.8 Å². The van der Waals surface area contributed by atoms with Gasteiger partial charge in [0.25, 0.3) is 0 Å². The Morgan fingerprint density at radius 1 is 1.05 bits per heavy atom. The fourth-order valence-electron chi connectivity index (χ4n) is 6.53. The monoisotopic (exact) mass is 273 g/mol. The minimum atomic E-state index is 0.563. The average molecular weight is 273 g/mol. The van der Waals surface area contributed by atoms with Gasteiger partial charge in [0.1, 0.15) is 0 Å². The van der Waals surface area contributed by atoms with E-state index in [0.29, 0.717) is 5.54 Å². The van der Waals surface area contributed by atoms with Crippen LogP contribution in [0, 0.1) is 29.6 Å². The Balaban J connectivity index is 1.39. The summed E-state index contributed by atoms with van der Waals surface area (Å²) in [6.45, 7) is 6.00. The number of hydrogen-bond acceptors (Lipinski definition) is 1. The van der Waals surface area contributed by atoms with Crippen LogP contribution in [-0.2, 0) is 0 Å². The minimum absolute atomic E-state index is 0.563. The lowest BCUT2D eigenvalue weighted by Gasteiger charge is -2.57. The highest BCUT2D eigenvalue weighted by molar-refractivity contribution is 5.09. The van der Waals surface area contributed by atoms with Gasteiger partial charge < -0.3 is 5.32 Å². The molecule has 0 aromatic heterocycles. The van der Waals surface area contributed by atoms with Crippen LogP contribution in [0.5, 0.6) is 0 Å². The molecule has 5 aliphatic carbocycles. The van der Waals surface area contributed by atoms with Gasteiger partial charge in [-0.05, 0) is 94.4 Å². The third kappa shape index (κ3) is 2.47. The second-order valence-corrected chi connectivity index (χ2v) is 8.87. The van der Waals surface area contributed by atoms with Gasteiger partial charge in [0.15, 0.2) is 0 Å². The molecule has 0 saturated heterocycles. The van der Waals surface area contributed by atoms with E-state index in [1.807, 2.05) is 0 Å². The standard InChI is InChI=1S/C19H31N/c1-13-3-14(2)5-18(4-13)12-20-19-9-15-6-16(10-19)8-17(7-15)11-19/h3,13,15-18,20H,4-12H2,1-2H3. The molecule has 0 spiro atoms. The van der Waals surface area contributed by atoms with E-state index in [1.54, 1.807) is 24.8 Å². The smallest absolute Gasteiger partial charge is 0.0189 e. The molecule has 4 saturated carbocycles. The van der Waals surface area contributed by atoms with Crippen molar-refractivity contribution in [1.29, 1.82) is 0 Å². The summed E-state index contributed by atoms with van der Waals surface area (Å²) in [6.07, 6.45) is 14.4. The summed E-state index contributed by atoms with van der Waals surface area (Å²) in [7, 11) is 0. The van der Waals surface area contributed by atoms with Crippen molar-refractivity contribution in [3.8, 4) is 0 Å². The van der Waals surface area contributed by atoms with Gasteiger partial charge in [0, 0.05) is 5.54 Å². The Hall–Kier alpha value is -0.300. The molecule has 5 aliphatic rings. The van der Waals surface area contributed by atoms with Crippen molar-refractivity contribution < 1.29 is 0 Å². The second kappa shape index (κ2) is 4.87. The molecule has 0 heterocycles. The topological polar surface area (TPSA) is 12.0 Å². The van der Waals surface area contributed by atoms with E-state index in [4.69, 9.17) is 0 Å². The zero-order chi connectivity index (χ0) is 13.7. The van der Waals surface area contributed by atoms with Gasteiger partial charge in [-0.3, -0.25) is 0 Å². The number of nitrogens with one attached hydrogen (secondary N) is 1. The lowest BCUT2D eigenvalue weighted by molar-refractivity contribution is -0.0216. The van der Waals surface area contributed by atoms with Crippen molar-refractivity contribution >= 4 is 0 Å². The summed E-state index contributed by atoms with van der Waals surface area (Å²) >= 11 is 0. The van der Waals surface area contributed by atoms with Gasteiger partial charge in [-0.25, -0.2) is 0 Å². The molecule has 0 aromatic rings. The Bertz CT molecular complexity index is 373. The maximum atomic E-state index is 4.11. The lowest BCUT2D eigenvalue weighted by Crippen LogP contribution is -2.59. The van der Waals surface area contributed by atoms with Gasteiger partial charge in [-0.15, -0.1) is 0 Å². The molecule has 5 rings (SSSR count). The summed E-state index contributed by atoms with van der Waals surface area (Å²) in [4.78, 5) is 0. The third-order valence-corrected chi connectivity index (χ3v) is 6.69. The summed E-state index contributed by atoms with van der Waals surface area (Å²) < 4.78 is 0. The predicted molar refractivity (Wildman–Crippen MR) is 84.6 cm³/mol. The van der Waals surface area contributed by atoms with Gasteiger partial charge in [-0.1, -0.05) is 18.6 Å². The Morgan fingerprint density at radius 2 is 1.65 bits per heavy atom. The van der Waals surface area contributed by atoms with E-state index in [2.05, 4.69) is 25.2 Å². The molecule has 1 N–H and O–H groups in total. The largest absolute Gasteiger partial charge is 0.311 e. The third-order valence-electron chi connectivity index (χ3n) is 6.69. The van der Waals surface area contributed by atoms with Gasteiger partial charge in [0.2, 0.25) is 0 Å². The highest BCUT2D eigenvalue weighted by Gasteiger charge is 2.50.